The fraction of sp³-hybridized carbons (Fsp3) is 0.385. The van der Waals surface area contributed by atoms with E-state index in [0.29, 0.717) is 0 Å². The molecule has 3 amide bonds. The van der Waals surface area contributed by atoms with Gasteiger partial charge in [-0.3, -0.25) is 4.79 Å². The van der Waals surface area contributed by atoms with E-state index in [1.165, 1.54) is 25.4 Å². The maximum Gasteiger partial charge on any atom is 0.356 e. The van der Waals surface area contributed by atoms with Crippen molar-refractivity contribution >= 4 is 23.6 Å². The highest BCUT2D eigenvalue weighted by atomic mass is 16.4. The first-order valence-corrected chi connectivity index (χ1v) is 6.23. The molecule has 0 atom stereocenters. The summed E-state index contributed by atoms with van der Waals surface area (Å²) in [7, 11) is 1.51. The molecular formula is C13H18N4O4. The fourth-order valence-electron chi connectivity index (χ4n) is 1.56. The molecule has 1 rings (SSSR count). The van der Waals surface area contributed by atoms with Gasteiger partial charge >= 0.3 is 12.0 Å². The highest BCUT2D eigenvalue weighted by Gasteiger charge is 2.27. The zero-order valence-corrected chi connectivity index (χ0v) is 12.1. The van der Waals surface area contributed by atoms with Gasteiger partial charge in [-0.1, -0.05) is 0 Å². The van der Waals surface area contributed by atoms with E-state index >= 15 is 0 Å². The molecule has 1 aromatic rings. The van der Waals surface area contributed by atoms with Crippen molar-refractivity contribution in [1.29, 1.82) is 0 Å². The first-order valence-electron chi connectivity index (χ1n) is 6.23. The van der Waals surface area contributed by atoms with Crippen LogP contribution in [0.1, 0.15) is 24.3 Å². The summed E-state index contributed by atoms with van der Waals surface area (Å²) in [6.45, 7) is 3.46. The molecule has 0 spiro atoms. The average Bonchev–Trinajstić information content (AvgIpc) is 2.44. The second kappa shape index (κ2) is 6.69. The number of carboxylic acid groups (broad SMARTS) is 1. The molecule has 4 N–H and O–H groups in total. The van der Waals surface area contributed by atoms with E-state index in [-0.39, 0.29) is 23.8 Å². The van der Waals surface area contributed by atoms with E-state index in [9.17, 15) is 14.4 Å². The number of nitrogens with zero attached hydrogens (tertiary/aromatic N) is 1. The number of aromatic nitrogens is 1. The Morgan fingerprint density at radius 3 is 2.57 bits per heavy atom. The van der Waals surface area contributed by atoms with Crippen LogP contribution in [0.3, 0.4) is 0 Å². The summed E-state index contributed by atoms with van der Waals surface area (Å²) in [5.74, 6) is -1.45. The Balaban J connectivity index is 2.67. The summed E-state index contributed by atoms with van der Waals surface area (Å²) < 4.78 is 0. The van der Waals surface area contributed by atoms with Gasteiger partial charge in [0.05, 0.1) is 11.1 Å². The third-order valence-electron chi connectivity index (χ3n) is 2.79. The molecule has 1 heterocycles. The molecule has 0 saturated heterocycles. The smallest absolute Gasteiger partial charge is 0.356 e. The molecule has 1 aromatic heterocycles. The maximum absolute atomic E-state index is 11.8. The summed E-state index contributed by atoms with van der Waals surface area (Å²) in [6.07, 6.45) is 1.32. The predicted octanol–water partition coefficient (Wildman–Crippen LogP) is 0.673. The molecule has 8 nitrogen and oxygen atoms in total. The highest BCUT2D eigenvalue weighted by Crippen LogP contribution is 2.14. The van der Waals surface area contributed by atoms with Gasteiger partial charge in [-0.15, -0.1) is 0 Å². The van der Waals surface area contributed by atoms with Crippen molar-refractivity contribution in [3.8, 4) is 0 Å². The zero-order valence-electron chi connectivity index (χ0n) is 12.1. The van der Waals surface area contributed by atoms with Crippen molar-refractivity contribution in [2.75, 3.05) is 18.9 Å². The fourth-order valence-corrected chi connectivity index (χ4v) is 1.56. The number of hydrogen-bond donors (Lipinski definition) is 4. The van der Waals surface area contributed by atoms with Gasteiger partial charge in [-0.05, 0) is 26.0 Å². The van der Waals surface area contributed by atoms with Crippen molar-refractivity contribution in [1.82, 2.24) is 15.6 Å². The number of carboxylic acids is 1. The number of carbonyl (C=O) groups is 3. The number of pyridine rings is 1. The number of carbonyl (C=O) groups excluding carboxylic acids is 2. The molecule has 8 heteroatoms. The molecule has 0 saturated carbocycles. The lowest BCUT2D eigenvalue weighted by Crippen LogP contribution is -2.44. The Kier molecular flexibility index (Phi) is 5.23. The second-order valence-electron chi connectivity index (χ2n) is 4.98. The Labute approximate surface area is 121 Å². The van der Waals surface area contributed by atoms with Gasteiger partial charge < -0.3 is 21.1 Å². The van der Waals surface area contributed by atoms with Crippen LogP contribution in [-0.2, 0) is 4.79 Å². The molecule has 0 aliphatic rings. The normalized spacial score (nSPS) is 10.6. The first kappa shape index (κ1) is 16.4. The molecular weight excluding hydrogens is 276 g/mol. The Bertz CT molecular complexity index is 557. The lowest BCUT2D eigenvalue weighted by atomic mass is 9.92. The Hall–Kier alpha value is -2.64. The Morgan fingerprint density at radius 2 is 2.00 bits per heavy atom. The minimum atomic E-state index is -1.24. The minimum absolute atomic E-state index is 0.0836. The number of rotatable bonds is 5. The van der Waals surface area contributed by atoms with Gasteiger partial charge in [-0.25, -0.2) is 14.6 Å². The number of urea groups is 1. The van der Waals surface area contributed by atoms with Gasteiger partial charge in [0.2, 0.25) is 5.91 Å². The standard InChI is InChI=1S/C13H18N4O4/c1-13(2,11(20)14-3)7-16-12(21)17-8-5-4-6-15-9(8)10(18)19/h4-6H,7H2,1-3H3,(H,14,20)(H,18,19)(H2,16,17,21). The van der Waals surface area contributed by atoms with Crippen LogP contribution in [0.15, 0.2) is 18.3 Å². The third-order valence-corrected chi connectivity index (χ3v) is 2.79. The van der Waals surface area contributed by atoms with E-state index in [0.717, 1.165) is 0 Å². The summed E-state index contributed by atoms with van der Waals surface area (Å²) in [5, 5.41) is 16.4. The molecule has 0 aliphatic heterocycles. The lowest BCUT2D eigenvalue weighted by Gasteiger charge is -2.22. The largest absolute Gasteiger partial charge is 0.476 e. The number of aromatic carboxylic acids is 1. The first-order chi connectivity index (χ1) is 9.77. The monoisotopic (exact) mass is 294 g/mol. The second-order valence-corrected chi connectivity index (χ2v) is 4.98. The zero-order chi connectivity index (χ0) is 16.0. The minimum Gasteiger partial charge on any atom is -0.476 e. The topological polar surface area (TPSA) is 120 Å². The quantitative estimate of drug-likeness (QED) is 0.636. The maximum atomic E-state index is 11.8. The van der Waals surface area contributed by atoms with Crippen LogP contribution < -0.4 is 16.0 Å². The molecule has 0 aliphatic carbocycles. The molecule has 0 radical (unpaired) electrons. The van der Waals surface area contributed by atoms with Crippen molar-refractivity contribution in [2.45, 2.75) is 13.8 Å². The molecule has 21 heavy (non-hydrogen) atoms. The average molecular weight is 294 g/mol. The number of amides is 3. The van der Waals surface area contributed by atoms with Gasteiger partial charge in [-0.2, -0.15) is 0 Å². The summed E-state index contributed by atoms with van der Waals surface area (Å²) in [4.78, 5) is 38.0. The van der Waals surface area contributed by atoms with Crippen LogP contribution in [0.5, 0.6) is 0 Å². The van der Waals surface area contributed by atoms with Crippen LogP contribution >= 0.6 is 0 Å². The van der Waals surface area contributed by atoms with Crippen molar-refractivity contribution < 1.29 is 19.5 Å². The van der Waals surface area contributed by atoms with Crippen molar-refractivity contribution in [3.05, 3.63) is 24.0 Å². The SMILES string of the molecule is CNC(=O)C(C)(C)CNC(=O)Nc1cccnc1C(=O)O. The highest BCUT2D eigenvalue weighted by molar-refractivity contribution is 5.98. The van der Waals surface area contributed by atoms with E-state index in [4.69, 9.17) is 5.11 Å². The van der Waals surface area contributed by atoms with Crippen LogP contribution in [-0.4, -0.2) is 41.6 Å². The van der Waals surface area contributed by atoms with Crippen LogP contribution in [0, 0.1) is 5.41 Å². The Morgan fingerprint density at radius 1 is 1.33 bits per heavy atom. The molecule has 0 unspecified atom stereocenters. The number of hydrogen-bond acceptors (Lipinski definition) is 4. The summed E-state index contributed by atoms with van der Waals surface area (Å²) >= 11 is 0. The van der Waals surface area contributed by atoms with Crippen LogP contribution in [0.2, 0.25) is 0 Å². The van der Waals surface area contributed by atoms with Crippen molar-refractivity contribution in [3.63, 3.8) is 0 Å². The molecule has 0 bridgehead atoms. The van der Waals surface area contributed by atoms with Crippen LogP contribution in [0.25, 0.3) is 0 Å². The van der Waals surface area contributed by atoms with E-state index in [1.54, 1.807) is 13.8 Å². The molecule has 0 aromatic carbocycles. The third kappa shape index (κ3) is 4.44. The van der Waals surface area contributed by atoms with Crippen molar-refractivity contribution in [2.24, 2.45) is 5.41 Å². The summed E-state index contributed by atoms with van der Waals surface area (Å²) in [5.41, 5.74) is -0.949. The number of nitrogens with one attached hydrogen (secondary N) is 3. The van der Waals surface area contributed by atoms with E-state index in [1.807, 2.05) is 0 Å². The summed E-state index contributed by atoms with van der Waals surface area (Å²) in [6, 6.07) is 2.33. The predicted molar refractivity (Wildman–Crippen MR) is 76.1 cm³/mol. The van der Waals surface area contributed by atoms with Gasteiger partial charge in [0.1, 0.15) is 0 Å². The molecule has 114 valence electrons. The van der Waals surface area contributed by atoms with E-state index in [2.05, 4.69) is 20.9 Å². The molecule has 0 fully saturated rings. The van der Waals surface area contributed by atoms with Gasteiger partial charge in [0.25, 0.3) is 0 Å². The van der Waals surface area contributed by atoms with Gasteiger partial charge in [0, 0.05) is 19.8 Å². The lowest BCUT2D eigenvalue weighted by molar-refractivity contribution is -0.128. The van der Waals surface area contributed by atoms with Crippen LogP contribution in [0.4, 0.5) is 10.5 Å². The van der Waals surface area contributed by atoms with E-state index < -0.39 is 17.4 Å². The van der Waals surface area contributed by atoms with Gasteiger partial charge in [0.15, 0.2) is 5.69 Å². The number of anilines is 1.